The third kappa shape index (κ3) is 5.61. The predicted octanol–water partition coefficient (Wildman–Crippen LogP) is 2.52. The van der Waals surface area contributed by atoms with Crippen LogP contribution in [0.3, 0.4) is 0 Å². The van der Waals surface area contributed by atoms with Crippen molar-refractivity contribution >= 4 is 15.9 Å². The van der Waals surface area contributed by atoms with E-state index >= 15 is 0 Å². The lowest BCUT2D eigenvalue weighted by Gasteiger charge is -2.25. The maximum Gasteiger partial charge on any atom is 0.106 e. The molecule has 1 unspecified atom stereocenters. The van der Waals surface area contributed by atoms with Gasteiger partial charge >= 0.3 is 0 Å². The van der Waals surface area contributed by atoms with E-state index in [1.807, 2.05) is 18.2 Å². The van der Waals surface area contributed by atoms with E-state index in [9.17, 15) is 0 Å². The van der Waals surface area contributed by atoms with Crippen molar-refractivity contribution in [3.05, 3.63) is 28.5 Å². The van der Waals surface area contributed by atoms with Gasteiger partial charge < -0.3 is 10.2 Å². The van der Waals surface area contributed by atoms with Crippen LogP contribution in [-0.4, -0.2) is 36.6 Å². The zero-order valence-corrected chi connectivity index (χ0v) is 12.7. The smallest absolute Gasteiger partial charge is 0.106 e. The van der Waals surface area contributed by atoms with Crippen LogP contribution in [0.5, 0.6) is 0 Å². The molecule has 1 atom stereocenters. The van der Waals surface area contributed by atoms with E-state index in [2.05, 4.69) is 59.1 Å². The Morgan fingerprint density at radius 1 is 1.35 bits per heavy atom. The van der Waals surface area contributed by atoms with Crippen LogP contribution in [0.2, 0.25) is 0 Å². The van der Waals surface area contributed by atoms with Crippen molar-refractivity contribution in [3.8, 4) is 0 Å². The summed E-state index contributed by atoms with van der Waals surface area (Å²) in [6.07, 6.45) is 0. The molecule has 1 aromatic heterocycles. The fourth-order valence-corrected chi connectivity index (χ4v) is 2.07. The number of hydrogen-bond donors (Lipinski definition) is 1. The summed E-state index contributed by atoms with van der Waals surface area (Å²) in [6.45, 7) is 6.35. The normalized spacial score (nSPS) is 13.4. The second-order valence-electron chi connectivity index (χ2n) is 4.95. The van der Waals surface area contributed by atoms with Gasteiger partial charge in [0.25, 0.3) is 0 Å². The molecule has 96 valence electrons. The summed E-state index contributed by atoms with van der Waals surface area (Å²) in [5.74, 6) is 0.615. The summed E-state index contributed by atoms with van der Waals surface area (Å²) >= 11 is 3.39. The largest absolute Gasteiger partial charge is 0.308 e. The summed E-state index contributed by atoms with van der Waals surface area (Å²) in [6, 6.07) is 6.50. The minimum Gasteiger partial charge on any atom is -0.308 e. The number of rotatable bonds is 6. The van der Waals surface area contributed by atoms with Crippen LogP contribution < -0.4 is 5.32 Å². The number of nitrogens with zero attached hydrogens (tertiary/aromatic N) is 2. The third-order valence-corrected chi connectivity index (χ3v) is 3.13. The highest BCUT2D eigenvalue weighted by molar-refractivity contribution is 9.10. The van der Waals surface area contributed by atoms with E-state index in [1.54, 1.807) is 0 Å². The molecule has 0 radical (unpaired) electrons. The van der Waals surface area contributed by atoms with Crippen molar-refractivity contribution in [2.45, 2.75) is 26.4 Å². The molecule has 1 aromatic rings. The van der Waals surface area contributed by atoms with Crippen molar-refractivity contribution < 1.29 is 0 Å². The van der Waals surface area contributed by atoms with Crippen LogP contribution in [0.15, 0.2) is 22.8 Å². The maximum absolute atomic E-state index is 4.42. The van der Waals surface area contributed by atoms with Gasteiger partial charge in [0.15, 0.2) is 0 Å². The lowest BCUT2D eigenvalue weighted by molar-refractivity contribution is 0.287. The van der Waals surface area contributed by atoms with Crippen LogP contribution in [0.4, 0.5) is 0 Å². The van der Waals surface area contributed by atoms with Crippen molar-refractivity contribution in [2.75, 3.05) is 20.6 Å². The van der Waals surface area contributed by atoms with Crippen LogP contribution in [0, 0.1) is 5.92 Å². The molecule has 0 amide bonds. The molecule has 1 N–H and O–H groups in total. The zero-order valence-electron chi connectivity index (χ0n) is 11.1. The van der Waals surface area contributed by atoms with Gasteiger partial charge in [-0.3, -0.25) is 0 Å². The van der Waals surface area contributed by atoms with Gasteiger partial charge in [-0.25, -0.2) is 4.98 Å². The summed E-state index contributed by atoms with van der Waals surface area (Å²) < 4.78 is 0.894. The molecule has 0 spiro atoms. The Bertz CT molecular complexity index is 339. The van der Waals surface area contributed by atoms with Gasteiger partial charge in [-0.15, -0.1) is 0 Å². The average molecular weight is 300 g/mol. The lowest BCUT2D eigenvalue weighted by atomic mass is 10.0. The summed E-state index contributed by atoms with van der Waals surface area (Å²) in [5.41, 5.74) is 1.07. The van der Waals surface area contributed by atoms with Gasteiger partial charge in [-0.2, -0.15) is 0 Å². The third-order valence-electron chi connectivity index (χ3n) is 2.68. The first-order valence-corrected chi connectivity index (χ1v) is 6.78. The number of pyridine rings is 1. The first kappa shape index (κ1) is 14.6. The fourth-order valence-electron chi connectivity index (χ4n) is 1.69. The van der Waals surface area contributed by atoms with Gasteiger partial charge in [-0.1, -0.05) is 19.9 Å². The van der Waals surface area contributed by atoms with Crippen molar-refractivity contribution in [3.63, 3.8) is 0 Å². The van der Waals surface area contributed by atoms with Crippen molar-refractivity contribution in [2.24, 2.45) is 5.92 Å². The monoisotopic (exact) mass is 299 g/mol. The van der Waals surface area contributed by atoms with Gasteiger partial charge in [0.05, 0.1) is 5.69 Å². The first-order chi connectivity index (χ1) is 7.99. The Morgan fingerprint density at radius 3 is 2.59 bits per heavy atom. The number of halogens is 1. The molecule has 0 aliphatic heterocycles. The molecule has 17 heavy (non-hydrogen) atoms. The quantitative estimate of drug-likeness (QED) is 0.818. The van der Waals surface area contributed by atoms with Crippen LogP contribution in [0.1, 0.15) is 19.5 Å². The van der Waals surface area contributed by atoms with Gasteiger partial charge in [0.1, 0.15) is 4.60 Å². The Morgan fingerprint density at radius 2 is 2.06 bits per heavy atom. The molecule has 0 saturated carbocycles. The number of aromatic nitrogens is 1. The maximum atomic E-state index is 4.42. The number of likely N-dealkylation sites (N-methyl/N-ethyl adjacent to an activating group) is 1. The lowest BCUT2D eigenvalue weighted by Crippen LogP contribution is -2.41. The van der Waals surface area contributed by atoms with Gasteiger partial charge in [0.2, 0.25) is 0 Å². The molecular formula is C13H22BrN3. The zero-order chi connectivity index (χ0) is 12.8. The predicted molar refractivity (Wildman–Crippen MR) is 76.0 cm³/mol. The van der Waals surface area contributed by atoms with Crippen molar-refractivity contribution in [1.29, 1.82) is 0 Å². The Labute approximate surface area is 113 Å². The minimum absolute atomic E-state index is 0.491. The van der Waals surface area contributed by atoms with E-state index in [0.29, 0.717) is 12.0 Å². The van der Waals surface area contributed by atoms with Crippen LogP contribution >= 0.6 is 15.9 Å². The molecular weight excluding hydrogens is 278 g/mol. The molecule has 0 saturated heterocycles. The molecule has 0 bridgehead atoms. The fraction of sp³-hybridized carbons (Fsp3) is 0.615. The van der Waals surface area contributed by atoms with Gasteiger partial charge in [-0.05, 0) is 48.1 Å². The Hall–Kier alpha value is -0.450. The number of nitrogens with one attached hydrogen (secondary N) is 1. The van der Waals surface area contributed by atoms with E-state index in [4.69, 9.17) is 0 Å². The highest BCUT2D eigenvalue weighted by Crippen LogP contribution is 2.08. The first-order valence-electron chi connectivity index (χ1n) is 5.98. The molecule has 0 fully saturated rings. The van der Waals surface area contributed by atoms with E-state index in [-0.39, 0.29) is 0 Å². The van der Waals surface area contributed by atoms with E-state index in [1.165, 1.54) is 0 Å². The molecule has 0 aromatic carbocycles. The summed E-state index contributed by atoms with van der Waals surface area (Å²) in [7, 11) is 4.21. The van der Waals surface area contributed by atoms with Crippen LogP contribution in [-0.2, 0) is 6.54 Å². The molecule has 4 heteroatoms. The number of hydrogen-bond acceptors (Lipinski definition) is 3. The molecule has 0 aliphatic rings. The van der Waals surface area contributed by atoms with E-state index < -0.39 is 0 Å². The van der Waals surface area contributed by atoms with Crippen LogP contribution in [0.25, 0.3) is 0 Å². The summed E-state index contributed by atoms with van der Waals surface area (Å²) in [5, 5.41) is 3.57. The van der Waals surface area contributed by atoms with E-state index in [0.717, 1.165) is 23.4 Å². The Kier molecular flexibility index (Phi) is 6.09. The highest BCUT2D eigenvalue weighted by Gasteiger charge is 2.13. The molecule has 1 heterocycles. The van der Waals surface area contributed by atoms with Gasteiger partial charge in [0, 0.05) is 19.1 Å². The molecule has 0 aliphatic carbocycles. The summed E-state index contributed by atoms with van der Waals surface area (Å²) in [4.78, 5) is 6.64. The average Bonchev–Trinajstić information content (AvgIpc) is 2.23. The molecule has 3 nitrogen and oxygen atoms in total. The van der Waals surface area contributed by atoms with Crippen molar-refractivity contribution in [1.82, 2.24) is 15.2 Å². The minimum atomic E-state index is 0.491. The Balaban J connectivity index is 2.51. The highest BCUT2D eigenvalue weighted by atomic mass is 79.9. The SMILES string of the molecule is CC(C)C(CN(C)C)NCc1cccc(Br)n1. The topological polar surface area (TPSA) is 28.2 Å². The second-order valence-corrected chi connectivity index (χ2v) is 5.76. The molecule has 1 rings (SSSR count). The standard InChI is InChI=1S/C13H22BrN3/c1-10(2)12(9-17(3)4)15-8-11-6-5-7-13(14)16-11/h5-7,10,12,15H,8-9H2,1-4H3. The second kappa shape index (κ2) is 7.09.